The van der Waals surface area contributed by atoms with Crippen molar-refractivity contribution in [2.45, 2.75) is 19.4 Å². The van der Waals surface area contributed by atoms with E-state index in [0.29, 0.717) is 5.76 Å². The Kier molecular flexibility index (Phi) is 2.94. The molecule has 2 aromatic rings. The monoisotopic (exact) mass is 264 g/mol. The molecule has 1 aliphatic rings. The molecule has 2 aromatic carbocycles. The maximum atomic E-state index is 11.7. The van der Waals surface area contributed by atoms with Crippen LogP contribution >= 0.6 is 0 Å². The minimum atomic E-state index is -0.738. The fraction of sp³-hybridized carbons (Fsp3) is 0.167. The van der Waals surface area contributed by atoms with Gasteiger partial charge in [0, 0.05) is 6.08 Å². The first-order chi connectivity index (χ1) is 9.56. The van der Waals surface area contributed by atoms with Gasteiger partial charge in [-0.2, -0.15) is 0 Å². The van der Waals surface area contributed by atoms with Gasteiger partial charge in [-0.1, -0.05) is 48.5 Å². The van der Waals surface area contributed by atoms with Crippen LogP contribution in [-0.2, 0) is 9.53 Å². The zero-order chi connectivity index (χ0) is 14.2. The largest absolute Gasteiger partial charge is 0.480 e. The van der Waals surface area contributed by atoms with Crippen LogP contribution in [0, 0.1) is 0 Å². The molecule has 20 heavy (non-hydrogen) atoms. The molecule has 0 bridgehead atoms. The van der Waals surface area contributed by atoms with Crippen molar-refractivity contribution in [3.8, 4) is 0 Å². The molecule has 1 aliphatic heterocycles. The van der Waals surface area contributed by atoms with E-state index >= 15 is 0 Å². The first kappa shape index (κ1) is 12.7. The number of hydrogen-bond donors (Lipinski definition) is 0. The number of allylic oxidation sites excluding steroid dienone is 1. The second kappa shape index (κ2) is 4.64. The van der Waals surface area contributed by atoms with Gasteiger partial charge in [0.1, 0.15) is 5.76 Å². The highest BCUT2D eigenvalue weighted by molar-refractivity contribution is 5.99. The van der Waals surface area contributed by atoms with Gasteiger partial charge in [0.2, 0.25) is 5.78 Å². The van der Waals surface area contributed by atoms with Gasteiger partial charge in [-0.15, -0.1) is 0 Å². The molecule has 0 fully saturated rings. The number of rotatable bonds is 2. The van der Waals surface area contributed by atoms with Crippen molar-refractivity contribution in [3.05, 3.63) is 65.9 Å². The molecule has 100 valence electrons. The number of fused-ring (bicyclic) bond motifs is 1. The fourth-order valence-corrected chi connectivity index (χ4v) is 2.33. The Morgan fingerprint density at radius 1 is 1.00 bits per heavy atom. The Bertz CT molecular complexity index is 731. The Labute approximate surface area is 118 Å². The highest BCUT2D eigenvalue weighted by atomic mass is 16.5. The summed E-state index contributed by atoms with van der Waals surface area (Å²) < 4.78 is 5.62. The van der Waals surface area contributed by atoms with Gasteiger partial charge in [0.05, 0.1) is 0 Å². The zero-order valence-electron chi connectivity index (χ0n) is 11.6. The normalized spacial score (nSPS) is 17.5. The van der Waals surface area contributed by atoms with E-state index in [9.17, 15) is 4.79 Å². The van der Waals surface area contributed by atoms with Gasteiger partial charge in [0.25, 0.3) is 0 Å². The highest BCUT2D eigenvalue weighted by Gasteiger charge is 2.33. The average Bonchev–Trinajstić information content (AvgIpc) is 2.70. The molecule has 3 rings (SSSR count). The van der Waals surface area contributed by atoms with E-state index < -0.39 is 5.60 Å². The third-order valence-electron chi connectivity index (χ3n) is 3.49. The molecule has 2 heteroatoms. The third kappa shape index (κ3) is 2.25. The molecular formula is C18H16O2. The predicted molar refractivity (Wildman–Crippen MR) is 81.2 cm³/mol. The van der Waals surface area contributed by atoms with Crippen LogP contribution in [0.4, 0.5) is 0 Å². The van der Waals surface area contributed by atoms with Crippen molar-refractivity contribution < 1.29 is 9.53 Å². The second-order valence-corrected chi connectivity index (χ2v) is 5.43. The molecule has 0 aromatic heterocycles. The molecule has 0 atom stereocenters. The molecule has 0 aliphatic carbocycles. The first-order valence-electron chi connectivity index (χ1n) is 6.67. The van der Waals surface area contributed by atoms with E-state index in [2.05, 4.69) is 24.3 Å². The van der Waals surface area contributed by atoms with Crippen LogP contribution in [-0.4, -0.2) is 11.4 Å². The summed E-state index contributed by atoms with van der Waals surface area (Å²) in [6, 6.07) is 14.4. The summed E-state index contributed by atoms with van der Waals surface area (Å²) in [5.41, 5.74) is 0.378. The van der Waals surface area contributed by atoms with Gasteiger partial charge >= 0.3 is 0 Å². The Morgan fingerprint density at radius 2 is 1.75 bits per heavy atom. The van der Waals surface area contributed by atoms with Crippen LogP contribution in [0.5, 0.6) is 0 Å². The smallest absolute Gasteiger partial charge is 0.202 e. The van der Waals surface area contributed by atoms with Crippen molar-refractivity contribution >= 4 is 22.6 Å². The fourth-order valence-electron chi connectivity index (χ4n) is 2.33. The molecule has 1 heterocycles. The lowest BCUT2D eigenvalue weighted by Gasteiger charge is -2.16. The maximum absolute atomic E-state index is 11.7. The summed E-state index contributed by atoms with van der Waals surface area (Å²) in [5.74, 6) is 0.628. The molecule has 0 saturated carbocycles. The highest BCUT2D eigenvalue weighted by Crippen LogP contribution is 2.26. The van der Waals surface area contributed by atoms with E-state index in [1.165, 1.54) is 10.8 Å². The summed E-state index contributed by atoms with van der Waals surface area (Å²) in [6.45, 7) is 3.56. The number of ketones is 1. The van der Waals surface area contributed by atoms with Crippen LogP contribution < -0.4 is 0 Å². The standard InChI is InChI=1S/C18H16O2/c1-18(2)17(19)12-15(20-18)11-10-14-8-5-7-13-6-3-4-9-16(13)14/h3-12H,1-2H3/b11-10+. The molecule has 0 unspecified atom stereocenters. The Balaban J connectivity index is 1.93. The summed E-state index contributed by atoms with van der Waals surface area (Å²) in [5, 5.41) is 2.39. The summed E-state index contributed by atoms with van der Waals surface area (Å²) >= 11 is 0. The lowest BCUT2D eigenvalue weighted by atomic mass is 10.0. The van der Waals surface area contributed by atoms with Crippen LogP contribution in [0.3, 0.4) is 0 Å². The zero-order valence-corrected chi connectivity index (χ0v) is 11.6. The van der Waals surface area contributed by atoms with E-state index in [1.54, 1.807) is 19.9 Å². The Morgan fingerprint density at radius 3 is 2.50 bits per heavy atom. The van der Waals surface area contributed by atoms with E-state index in [0.717, 1.165) is 5.56 Å². The lowest BCUT2D eigenvalue weighted by Crippen LogP contribution is -2.27. The van der Waals surface area contributed by atoms with Gasteiger partial charge in [-0.05, 0) is 36.3 Å². The number of carbonyl (C=O) groups is 1. The quantitative estimate of drug-likeness (QED) is 0.815. The van der Waals surface area contributed by atoms with Gasteiger partial charge in [0.15, 0.2) is 5.60 Å². The van der Waals surface area contributed by atoms with Crippen molar-refractivity contribution in [1.82, 2.24) is 0 Å². The number of benzene rings is 2. The molecular weight excluding hydrogens is 248 g/mol. The minimum absolute atomic E-state index is 0.00932. The van der Waals surface area contributed by atoms with Crippen molar-refractivity contribution in [2.75, 3.05) is 0 Å². The van der Waals surface area contributed by atoms with Gasteiger partial charge in [-0.3, -0.25) is 4.79 Å². The number of carbonyl (C=O) groups excluding carboxylic acids is 1. The van der Waals surface area contributed by atoms with E-state index in [4.69, 9.17) is 4.74 Å². The molecule has 0 N–H and O–H groups in total. The Hall–Kier alpha value is -2.35. The van der Waals surface area contributed by atoms with Crippen LogP contribution in [0.1, 0.15) is 19.4 Å². The molecule has 0 spiro atoms. The second-order valence-electron chi connectivity index (χ2n) is 5.43. The van der Waals surface area contributed by atoms with Gasteiger partial charge < -0.3 is 4.74 Å². The molecule has 2 nitrogen and oxygen atoms in total. The van der Waals surface area contributed by atoms with Crippen LogP contribution in [0.25, 0.3) is 16.8 Å². The lowest BCUT2D eigenvalue weighted by molar-refractivity contribution is -0.126. The molecule has 0 radical (unpaired) electrons. The van der Waals surface area contributed by atoms with E-state index in [1.807, 2.05) is 30.4 Å². The number of hydrogen-bond acceptors (Lipinski definition) is 2. The van der Waals surface area contributed by atoms with Crippen molar-refractivity contribution in [1.29, 1.82) is 0 Å². The average molecular weight is 264 g/mol. The maximum Gasteiger partial charge on any atom is 0.202 e. The molecule has 0 saturated heterocycles. The van der Waals surface area contributed by atoms with Crippen LogP contribution in [0.15, 0.2) is 60.4 Å². The summed E-state index contributed by atoms with van der Waals surface area (Å²) in [6.07, 6.45) is 5.40. The molecule has 0 amide bonds. The number of ether oxygens (including phenoxy) is 1. The summed E-state index contributed by atoms with van der Waals surface area (Å²) in [4.78, 5) is 11.7. The van der Waals surface area contributed by atoms with E-state index in [-0.39, 0.29) is 5.78 Å². The summed E-state index contributed by atoms with van der Waals surface area (Å²) in [7, 11) is 0. The minimum Gasteiger partial charge on any atom is -0.480 e. The third-order valence-corrected chi connectivity index (χ3v) is 3.49. The topological polar surface area (TPSA) is 26.3 Å². The van der Waals surface area contributed by atoms with Crippen molar-refractivity contribution in [3.63, 3.8) is 0 Å². The predicted octanol–water partition coefficient (Wildman–Crippen LogP) is 4.11. The van der Waals surface area contributed by atoms with Gasteiger partial charge in [-0.25, -0.2) is 0 Å². The van der Waals surface area contributed by atoms with Crippen LogP contribution in [0.2, 0.25) is 0 Å². The van der Waals surface area contributed by atoms with Crippen molar-refractivity contribution in [2.24, 2.45) is 0 Å². The first-order valence-corrected chi connectivity index (χ1v) is 6.67. The SMILES string of the molecule is CC1(C)OC(/C=C/c2cccc3ccccc23)=CC1=O.